The number of carbonyl (C=O) groups excluding carboxylic acids is 1. The number of carboxylic acids is 1. The molecule has 2 atom stereocenters. The fourth-order valence-corrected chi connectivity index (χ4v) is 4.09. The van der Waals surface area contributed by atoms with Crippen molar-refractivity contribution in [1.82, 2.24) is 0 Å². The Morgan fingerprint density at radius 3 is 2.23 bits per heavy atom. The summed E-state index contributed by atoms with van der Waals surface area (Å²) in [4.78, 5) is 23.7. The van der Waals surface area contributed by atoms with Crippen LogP contribution in [-0.2, 0) is 4.79 Å². The molecule has 3 rings (SSSR count). The third kappa shape index (κ3) is 3.62. The van der Waals surface area contributed by atoms with Crippen LogP contribution in [0, 0.1) is 5.92 Å². The number of hydrogen-bond donors (Lipinski definition) is 2. The third-order valence-corrected chi connectivity index (χ3v) is 6.11. The summed E-state index contributed by atoms with van der Waals surface area (Å²) < 4.78 is -1.30. The zero-order valence-electron chi connectivity index (χ0n) is 12.8. The van der Waals surface area contributed by atoms with Gasteiger partial charge in [-0.3, -0.25) is 4.79 Å². The van der Waals surface area contributed by atoms with Crippen LogP contribution < -0.4 is 5.32 Å². The van der Waals surface area contributed by atoms with Crippen molar-refractivity contribution >= 4 is 75.6 Å². The number of halogens is 5. The van der Waals surface area contributed by atoms with E-state index in [0.29, 0.717) is 15.6 Å². The summed E-state index contributed by atoms with van der Waals surface area (Å²) in [6.07, 6.45) is 0. The van der Waals surface area contributed by atoms with Gasteiger partial charge in [-0.2, -0.15) is 0 Å². The van der Waals surface area contributed by atoms with Crippen LogP contribution in [0.1, 0.15) is 21.8 Å². The first-order valence-electron chi connectivity index (χ1n) is 7.29. The van der Waals surface area contributed by atoms with E-state index >= 15 is 0 Å². The standard InChI is InChI=1S/C17H10Cl5NO3/c18-10-4-2-8(6-9(10)16(25)26)23-15(24)14-13(17(14,21)22)7-1-3-11(19)12(20)5-7/h1-6,13-14H,(H,23,24)(H,25,26)/t13-,14+/m0/s1. The first kappa shape index (κ1) is 19.6. The van der Waals surface area contributed by atoms with E-state index in [1.54, 1.807) is 18.2 Å². The maximum atomic E-state index is 12.6. The largest absolute Gasteiger partial charge is 0.478 e. The molecule has 1 aliphatic carbocycles. The smallest absolute Gasteiger partial charge is 0.337 e. The van der Waals surface area contributed by atoms with Crippen molar-refractivity contribution in [3.63, 3.8) is 0 Å². The third-order valence-electron chi connectivity index (χ3n) is 4.10. The number of carbonyl (C=O) groups is 2. The van der Waals surface area contributed by atoms with Gasteiger partial charge in [-0.1, -0.05) is 40.9 Å². The maximum Gasteiger partial charge on any atom is 0.337 e. The van der Waals surface area contributed by atoms with Gasteiger partial charge in [0.2, 0.25) is 5.91 Å². The molecule has 1 amide bonds. The topological polar surface area (TPSA) is 66.4 Å². The van der Waals surface area contributed by atoms with Gasteiger partial charge in [-0.15, -0.1) is 23.2 Å². The zero-order chi connectivity index (χ0) is 19.2. The molecule has 0 heterocycles. The highest BCUT2D eigenvalue weighted by Gasteiger charge is 2.67. The van der Waals surface area contributed by atoms with Gasteiger partial charge in [0, 0.05) is 11.6 Å². The van der Waals surface area contributed by atoms with Crippen LogP contribution in [0.4, 0.5) is 5.69 Å². The van der Waals surface area contributed by atoms with Crippen molar-refractivity contribution < 1.29 is 14.7 Å². The molecule has 2 aromatic carbocycles. The van der Waals surface area contributed by atoms with E-state index in [9.17, 15) is 9.59 Å². The highest BCUT2D eigenvalue weighted by Crippen LogP contribution is 2.65. The second-order valence-corrected chi connectivity index (χ2v) is 8.46. The fraction of sp³-hybridized carbons (Fsp3) is 0.176. The highest BCUT2D eigenvalue weighted by molar-refractivity contribution is 6.53. The molecule has 0 unspecified atom stereocenters. The number of amides is 1. The summed E-state index contributed by atoms with van der Waals surface area (Å²) in [7, 11) is 0. The van der Waals surface area contributed by atoms with Gasteiger partial charge in [-0.25, -0.2) is 4.79 Å². The molecule has 0 aromatic heterocycles. The second kappa shape index (κ2) is 7.10. The number of benzene rings is 2. The molecule has 2 aromatic rings. The number of nitrogens with one attached hydrogen (secondary N) is 1. The molecule has 0 radical (unpaired) electrons. The van der Waals surface area contributed by atoms with Crippen molar-refractivity contribution in [3.8, 4) is 0 Å². The van der Waals surface area contributed by atoms with Crippen LogP contribution in [0.5, 0.6) is 0 Å². The van der Waals surface area contributed by atoms with Crippen molar-refractivity contribution in [1.29, 1.82) is 0 Å². The van der Waals surface area contributed by atoms with Crippen LogP contribution in [-0.4, -0.2) is 21.3 Å². The van der Waals surface area contributed by atoms with Gasteiger partial charge in [0.05, 0.1) is 26.5 Å². The van der Waals surface area contributed by atoms with Crippen molar-refractivity contribution in [2.45, 2.75) is 10.3 Å². The van der Waals surface area contributed by atoms with Gasteiger partial charge in [0.1, 0.15) is 4.33 Å². The Morgan fingerprint density at radius 2 is 1.62 bits per heavy atom. The Morgan fingerprint density at radius 1 is 0.962 bits per heavy atom. The molecular formula is C17H10Cl5NO3. The quantitative estimate of drug-likeness (QED) is 0.569. The molecule has 0 saturated heterocycles. The Kier molecular flexibility index (Phi) is 5.35. The molecule has 1 aliphatic rings. The summed E-state index contributed by atoms with van der Waals surface area (Å²) in [6.45, 7) is 0. The van der Waals surface area contributed by atoms with E-state index in [4.69, 9.17) is 63.1 Å². The summed E-state index contributed by atoms with van der Waals surface area (Å²) in [5.41, 5.74) is 0.844. The Labute approximate surface area is 173 Å². The number of rotatable bonds is 4. The van der Waals surface area contributed by atoms with Crippen molar-refractivity contribution in [2.75, 3.05) is 5.32 Å². The summed E-state index contributed by atoms with van der Waals surface area (Å²) in [6, 6.07) is 9.08. The molecule has 1 saturated carbocycles. The lowest BCUT2D eigenvalue weighted by Crippen LogP contribution is -2.17. The first-order chi connectivity index (χ1) is 12.1. The molecule has 2 N–H and O–H groups in total. The molecular weight excluding hydrogens is 443 g/mol. The summed E-state index contributed by atoms with van der Waals surface area (Å²) >= 11 is 30.3. The lowest BCUT2D eigenvalue weighted by Gasteiger charge is -2.07. The molecule has 136 valence electrons. The van der Waals surface area contributed by atoms with Crippen molar-refractivity contribution in [3.05, 3.63) is 62.6 Å². The Hall–Kier alpha value is -1.17. The Bertz CT molecular complexity index is 915. The fourth-order valence-electron chi connectivity index (χ4n) is 2.76. The van der Waals surface area contributed by atoms with E-state index in [0.717, 1.165) is 0 Å². The molecule has 0 bridgehead atoms. The average Bonchev–Trinajstić information content (AvgIpc) is 3.14. The monoisotopic (exact) mass is 451 g/mol. The molecule has 9 heteroatoms. The molecule has 0 aliphatic heterocycles. The number of anilines is 1. The SMILES string of the molecule is O=C(O)c1cc(NC(=O)[C@H]2[C@H](c3ccc(Cl)c(Cl)c3)C2(Cl)Cl)ccc1Cl. The number of hydrogen-bond acceptors (Lipinski definition) is 2. The van der Waals surface area contributed by atoms with Crippen molar-refractivity contribution in [2.24, 2.45) is 5.92 Å². The molecule has 0 spiro atoms. The lowest BCUT2D eigenvalue weighted by molar-refractivity contribution is -0.117. The van der Waals surface area contributed by atoms with E-state index < -0.39 is 28.0 Å². The summed E-state index contributed by atoms with van der Waals surface area (Å²) in [5.74, 6) is -2.83. The van der Waals surface area contributed by atoms with Crippen LogP contribution in [0.2, 0.25) is 15.1 Å². The van der Waals surface area contributed by atoms with E-state index in [1.165, 1.54) is 18.2 Å². The van der Waals surface area contributed by atoms with Gasteiger partial charge < -0.3 is 10.4 Å². The first-order valence-corrected chi connectivity index (χ1v) is 9.18. The minimum absolute atomic E-state index is 0.0691. The highest BCUT2D eigenvalue weighted by atomic mass is 35.5. The van der Waals surface area contributed by atoms with Gasteiger partial charge in [0.15, 0.2) is 0 Å². The molecule has 1 fully saturated rings. The second-order valence-electron chi connectivity index (χ2n) is 5.79. The average molecular weight is 454 g/mol. The zero-order valence-corrected chi connectivity index (χ0v) is 16.6. The maximum absolute atomic E-state index is 12.6. The van der Waals surface area contributed by atoms with Crippen LogP contribution in [0.25, 0.3) is 0 Å². The molecule has 4 nitrogen and oxygen atoms in total. The van der Waals surface area contributed by atoms with Crippen LogP contribution in [0.3, 0.4) is 0 Å². The lowest BCUT2D eigenvalue weighted by atomic mass is 10.1. The number of alkyl halides is 2. The van der Waals surface area contributed by atoms with Gasteiger partial charge in [-0.05, 0) is 35.9 Å². The number of aromatic carboxylic acids is 1. The minimum Gasteiger partial charge on any atom is -0.478 e. The summed E-state index contributed by atoms with van der Waals surface area (Å²) in [5, 5.41) is 12.5. The predicted molar refractivity (Wildman–Crippen MR) is 104 cm³/mol. The van der Waals surface area contributed by atoms with Gasteiger partial charge >= 0.3 is 5.97 Å². The number of carboxylic acid groups (broad SMARTS) is 1. The van der Waals surface area contributed by atoms with Crippen LogP contribution >= 0.6 is 58.0 Å². The van der Waals surface area contributed by atoms with E-state index in [2.05, 4.69) is 5.32 Å². The Balaban J connectivity index is 1.81. The van der Waals surface area contributed by atoms with E-state index in [1.807, 2.05) is 0 Å². The molecule has 26 heavy (non-hydrogen) atoms. The predicted octanol–water partition coefficient (Wildman–Crippen LogP) is 5.87. The normalized spacial score (nSPS) is 20.5. The van der Waals surface area contributed by atoms with Gasteiger partial charge in [0.25, 0.3) is 0 Å². The van der Waals surface area contributed by atoms with E-state index in [-0.39, 0.29) is 16.3 Å². The minimum atomic E-state index is -1.30. The van der Waals surface area contributed by atoms with Crippen LogP contribution in [0.15, 0.2) is 36.4 Å².